The number of hydrogen-bond donors (Lipinski definition) is 1. The lowest BCUT2D eigenvalue weighted by Gasteiger charge is -2.29. The Hall–Kier alpha value is -2.09. The predicted octanol–water partition coefficient (Wildman–Crippen LogP) is 2.56. The van der Waals surface area contributed by atoms with Crippen LogP contribution in [0.5, 0.6) is 5.88 Å². The summed E-state index contributed by atoms with van der Waals surface area (Å²) in [5.41, 5.74) is 0.537. The average Bonchev–Trinajstić information content (AvgIpc) is 3.34. The van der Waals surface area contributed by atoms with E-state index in [9.17, 15) is 4.79 Å². The molecular formula is C17H21N3O2. The predicted molar refractivity (Wildman–Crippen MR) is 81.1 cm³/mol. The first kappa shape index (κ1) is 14.8. The number of carbonyl (C=O) groups excluding carboxylic acids is 1. The summed E-state index contributed by atoms with van der Waals surface area (Å²) in [6, 6.07) is 5.79. The molecule has 0 saturated heterocycles. The van der Waals surface area contributed by atoms with Gasteiger partial charge in [-0.05, 0) is 50.5 Å². The van der Waals surface area contributed by atoms with Crippen LogP contribution < -0.4 is 10.1 Å². The number of aromatic nitrogens is 1. The van der Waals surface area contributed by atoms with Gasteiger partial charge in [-0.2, -0.15) is 5.26 Å². The van der Waals surface area contributed by atoms with E-state index in [2.05, 4.69) is 10.3 Å². The number of ether oxygens (including phenoxy) is 1. The van der Waals surface area contributed by atoms with Crippen LogP contribution in [-0.4, -0.2) is 23.0 Å². The van der Waals surface area contributed by atoms with Gasteiger partial charge in [0.2, 0.25) is 11.8 Å². The lowest BCUT2D eigenvalue weighted by molar-refractivity contribution is -0.122. The Balaban J connectivity index is 1.40. The minimum Gasteiger partial charge on any atom is -0.474 e. The summed E-state index contributed by atoms with van der Waals surface area (Å²) in [5.74, 6) is 1.42. The van der Waals surface area contributed by atoms with Crippen molar-refractivity contribution in [1.82, 2.24) is 10.3 Å². The van der Waals surface area contributed by atoms with Crippen molar-refractivity contribution in [1.29, 1.82) is 5.26 Å². The van der Waals surface area contributed by atoms with Crippen LogP contribution in [0.15, 0.2) is 18.3 Å². The fraction of sp³-hybridized carbons (Fsp3) is 0.588. The summed E-state index contributed by atoms with van der Waals surface area (Å²) >= 11 is 0. The normalized spacial score (nSPS) is 24.3. The van der Waals surface area contributed by atoms with Crippen LogP contribution in [0.2, 0.25) is 0 Å². The van der Waals surface area contributed by atoms with Crippen molar-refractivity contribution < 1.29 is 9.53 Å². The third-order valence-electron chi connectivity index (χ3n) is 4.36. The molecule has 1 aromatic heterocycles. The lowest BCUT2D eigenvalue weighted by Crippen LogP contribution is -2.39. The topological polar surface area (TPSA) is 75.0 Å². The monoisotopic (exact) mass is 299 g/mol. The standard InChI is InChI=1S/C17H21N3O2/c18-10-13-3-8-17(19-11-13)22-15-6-4-14(5-7-15)20-16(21)9-12-1-2-12/h3,8,11-12,14-15H,1-2,4-7,9H2,(H,20,21). The summed E-state index contributed by atoms with van der Waals surface area (Å²) in [5, 5.41) is 11.9. The first-order valence-corrected chi connectivity index (χ1v) is 8.05. The highest BCUT2D eigenvalue weighted by atomic mass is 16.5. The molecule has 1 aromatic rings. The van der Waals surface area contributed by atoms with Gasteiger partial charge in [0.1, 0.15) is 12.2 Å². The van der Waals surface area contributed by atoms with Crippen LogP contribution in [0.25, 0.3) is 0 Å². The van der Waals surface area contributed by atoms with Gasteiger partial charge in [-0.25, -0.2) is 4.98 Å². The van der Waals surface area contributed by atoms with E-state index in [0.29, 0.717) is 29.8 Å². The SMILES string of the molecule is N#Cc1ccc(OC2CCC(NC(=O)CC3CC3)CC2)nc1. The van der Waals surface area contributed by atoms with Crippen molar-refractivity contribution in [3.63, 3.8) is 0 Å². The molecule has 116 valence electrons. The van der Waals surface area contributed by atoms with Crippen LogP contribution in [0, 0.1) is 17.2 Å². The maximum absolute atomic E-state index is 11.8. The zero-order chi connectivity index (χ0) is 15.4. The summed E-state index contributed by atoms with van der Waals surface area (Å²) in [6.07, 6.45) is 8.57. The van der Waals surface area contributed by atoms with Crippen molar-refractivity contribution >= 4 is 5.91 Å². The molecule has 0 atom stereocenters. The van der Waals surface area contributed by atoms with Gasteiger partial charge in [0.05, 0.1) is 5.56 Å². The summed E-state index contributed by atoms with van der Waals surface area (Å²) < 4.78 is 5.85. The van der Waals surface area contributed by atoms with E-state index >= 15 is 0 Å². The van der Waals surface area contributed by atoms with E-state index in [4.69, 9.17) is 10.00 Å². The van der Waals surface area contributed by atoms with E-state index in [-0.39, 0.29) is 12.0 Å². The van der Waals surface area contributed by atoms with Crippen LogP contribution >= 0.6 is 0 Å². The van der Waals surface area contributed by atoms with Crippen molar-refractivity contribution in [3.8, 4) is 11.9 Å². The van der Waals surface area contributed by atoms with Gasteiger partial charge in [0.15, 0.2) is 0 Å². The van der Waals surface area contributed by atoms with E-state index < -0.39 is 0 Å². The average molecular weight is 299 g/mol. The molecule has 5 heteroatoms. The second-order valence-electron chi connectivity index (χ2n) is 6.30. The first-order valence-electron chi connectivity index (χ1n) is 8.05. The largest absolute Gasteiger partial charge is 0.474 e. The number of hydrogen-bond acceptors (Lipinski definition) is 4. The number of carbonyl (C=O) groups is 1. The van der Waals surface area contributed by atoms with E-state index in [0.717, 1.165) is 25.7 Å². The summed E-state index contributed by atoms with van der Waals surface area (Å²) in [7, 11) is 0. The van der Waals surface area contributed by atoms with Crippen molar-refractivity contribution in [3.05, 3.63) is 23.9 Å². The molecule has 0 aromatic carbocycles. The molecule has 3 rings (SSSR count). The molecule has 0 spiro atoms. The quantitative estimate of drug-likeness (QED) is 0.906. The van der Waals surface area contributed by atoms with Crippen LogP contribution in [0.3, 0.4) is 0 Å². The number of nitrogens with one attached hydrogen (secondary N) is 1. The summed E-state index contributed by atoms with van der Waals surface area (Å²) in [4.78, 5) is 16.0. The van der Waals surface area contributed by atoms with Gasteiger partial charge in [-0.15, -0.1) is 0 Å². The molecule has 1 amide bonds. The third kappa shape index (κ3) is 4.20. The lowest BCUT2D eigenvalue weighted by atomic mass is 9.93. The van der Waals surface area contributed by atoms with Crippen LogP contribution in [0.4, 0.5) is 0 Å². The Labute approximate surface area is 130 Å². The van der Waals surface area contributed by atoms with E-state index in [1.54, 1.807) is 12.1 Å². The fourth-order valence-corrected chi connectivity index (χ4v) is 2.88. The smallest absolute Gasteiger partial charge is 0.220 e. The minimum atomic E-state index is 0.150. The zero-order valence-electron chi connectivity index (χ0n) is 12.6. The van der Waals surface area contributed by atoms with Gasteiger partial charge in [-0.3, -0.25) is 4.79 Å². The minimum absolute atomic E-state index is 0.150. The van der Waals surface area contributed by atoms with Gasteiger partial charge >= 0.3 is 0 Å². The second-order valence-corrected chi connectivity index (χ2v) is 6.30. The van der Waals surface area contributed by atoms with Crippen molar-refractivity contribution in [2.45, 2.75) is 57.1 Å². The first-order chi connectivity index (χ1) is 10.7. The fourth-order valence-electron chi connectivity index (χ4n) is 2.88. The Bertz CT molecular complexity index is 552. The number of nitrogens with zero attached hydrogens (tertiary/aromatic N) is 2. The number of rotatable bonds is 5. The Morgan fingerprint density at radius 3 is 2.64 bits per heavy atom. The molecule has 5 nitrogen and oxygen atoms in total. The highest BCUT2D eigenvalue weighted by Gasteiger charge is 2.27. The van der Waals surface area contributed by atoms with E-state index in [1.165, 1.54) is 19.0 Å². The molecular weight excluding hydrogens is 278 g/mol. The van der Waals surface area contributed by atoms with Gasteiger partial charge < -0.3 is 10.1 Å². The van der Waals surface area contributed by atoms with Crippen LogP contribution in [0.1, 0.15) is 50.5 Å². The molecule has 2 saturated carbocycles. The van der Waals surface area contributed by atoms with Crippen LogP contribution in [-0.2, 0) is 4.79 Å². The molecule has 22 heavy (non-hydrogen) atoms. The molecule has 2 fully saturated rings. The van der Waals surface area contributed by atoms with E-state index in [1.807, 2.05) is 6.07 Å². The maximum atomic E-state index is 11.8. The molecule has 0 aliphatic heterocycles. The number of pyridine rings is 1. The molecule has 1 N–H and O–H groups in total. The molecule has 0 bridgehead atoms. The molecule has 2 aliphatic carbocycles. The van der Waals surface area contributed by atoms with Crippen molar-refractivity contribution in [2.24, 2.45) is 5.92 Å². The van der Waals surface area contributed by atoms with Gasteiger partial charge in [-0.1, -0.05) is 0 Å². The highest BCUT2D eigenvalue weighted by Crippen LogP contribution is 2.32. The number of nitriles is 1. The van der Waals surface area contributed by atoms with Crippen molar-refractivity contribution in [2.75, 3.05) is 0 Å². The Morgan fingerprint density at radius 1 is 1.27 bits per heavy atom. The number of amides is 1. The summed E-state index contributed by atoms with van der Waals surface area (Å²) in [6.45, 7) is 0. The Morgan fingerprint density at radius 2 is 2.05 bits per heavy atom. The zero-order valence-corrected chi connectivity index (χ0v) is 12.6. The maximum Gasteiger partial charge on any atom is 0.220 e. The third-order valence-corrected chi connectivity index (χ3v) is 4.36. The Kier molecular flexibility index (Phi) is 4.57. The molecule has 0 radical (unpaired) electrons. The second kappa shape index (κ2) is 6.78. The van der Waals surface area contributed by atoms with Gasteiger partial charge in [0, 0.05) is 24.7 Å². The molecule has 0 unspecified atom stereocenters. The molecule has 2 aliphatic rings. The molecule has 1 heterocycles. The highest BCUT2D eigenvalue weighted by molar-refractivity contribution is 5.76. The van der Waals surface area contributed by atoms with Gasteiger partial charge in [0.25, 0.3) is 0 Å².